The molecule has 0 aromatic heterocycles. The van der Waals surface area contributed by atoms with Gasteiger partial charge in [0.25, 0.3) is 0 Å². The van der Waals surface area contributed by atoms with E-state index in [-0.39, 0.29) is 23.9 Å². The van der Waals surface area contributed by atoms with Crippen LogP contribution in [0.3, 0.4) is 0 Å². The highest BCUT2D eigenvalue weighted by atomic mass is 35.5. The summed E-state index contributed by atoms with van der Waals surface area (Å²) in [5, 5.41) is 0.306. The molecule has 1 aliphatic heterocycles. The number of carbonyl (C=O) groups is 1. The molecule has 1 heterocycles. The lowest BCUT2D eigenvalue weighted by molar-refractivity contribution is -0.106. The third-order valence-electron chi connectivity index (χ3n) is 4.40. The van der Waals surface area contributed by atoms with Crippen LogP contribution in [-0.2, 0) is 4.79 Å². The third kappa shape index (κ3) is 4.37. The molecule has 27 heavy (non-hydrogen) atoms. The van der Waals surface area contributed by atoms with Gasteiger partial charge in [0.15, 0.2) is 17.9 Å². The van der Waals surface area contributed by atoms with Crippen LogP contribution in [0, 0.1) is 5.92 Å². The standard InChI is InChI=1S/C22H28ClFO3/c1-8-14(18(24)11-25)15-9-16-17(12(2)3)10-22(6,7)27-21(16)19(23)20(15)26-13(4)5/h9-13H,8H2,1-7H3. The normalized spacial score (nSPS) is 16.5. The highest BCUT2D eigenvalue weighted by Crippen LogP contribution is 2.50. The van der Waals surface area contributed by atoms with Crippen LogP contribution in [0.2, 0.25) is 5.02 Å². The molecule has 0 amide bonds. The van der Waals surface area contributed by atoms with Gasteiger partial charge in [-0.3, -0.25) is 4.79 Å². The zero-order chi connectivity index (χ0) is 20.5. The van der Waals surface area contributed by atoms with Crippen LogP contribution >= 0.6 is 11.6 Å². The topological polar surface area (TPSA) is 35.5 Å². The van der Waals surface area contributed by atoms with Crippen LogP contribution in [0.1, 0.15) is 66.0 Å². The van der Waals surface area contributed by atoms with Gasteiger partial charge in [-0.15, -0.1) is 0 Å². The lowest BCUT2D eigenvalue weighted by atomic mass is 9.85. The summed E-state index contributed by atoms with van der Waals surface area (Å²) in [6, 6.07) is 1.84. The summed E-state index contributed by atoms with van der Waals surface area (Å²) in [5.74, 6) is 0.293. The number of allylic oxidation sites excluding steroid dienone is 3. The Kier molecular flexibility index (Phi) is 6.41. The van der Waals surface area contributed by atoms with E-state index in [9.17, 15) is 9.18 Å². The molecule has 3 nitrogen and oxygen atoms in total. The lowest BCUT2D eigenvalue weighted by Crippen LogP contribution is -2.30. The summed E-state index contributed by atoms with van der Waals surface area (Å²) in [4.78, 5) is 11.1. The number of carbonyl (C=O) groups excluding carboxylic acids is 1. The SMILES string of the molecule is CCC(=C(F)C=O)c1cc2c(c(Cl)c1OC(C)C)OC(C)(C)C=C2C(C)C. The van der Waals surface area contributed by atoms with Crippen molar-refractivity contribution in [1.29, 1.82) is 0 Å². The minimum atomic E-state index is -0.811. The van der Waals surface area contributed by atoms with Crippen molar-refractivity contribution in [2.24, 2.45) is 5.92 Å². The summed E-state index contributed by atoms with van der Waals surface area (Å²) in [6.45, 7) is 13.6. The van der Waals surface area contributed by atoms with E-state index in [0.717, 1.165) is 11.1 Å². The Morgan fingerprint density at radius 1 is 1.33 bits per heavy atom. The number of benzene rings is 1. The van der Waals surface area contributed by atoms with Gasteiger partial charge in [0.1, 0.15) is 16.4 Å². The van der Waals surface area contributed by atoms with E-state index >= 15 is 0 Å². The second-order valence-electron chi connectivity index (χ2n) is 7.87. The zero-order valence-electron chi connectivity index (χ0n) is 17.1. The Morgan fingerprint density at radius 3 is 2.44 bits per heavy atom. The average molecular weight is 395 g/mol. The number of ether oxygens (including phenoxy) is 2. The van der Waals surface area contributed by atoms with Crippen LogP contribution in [0.4, 0.5) is 4.39 Å². The molecular formula is C22H28ClFO3. The van der Waals surface area contributed by atoms with Gasteiger partial charge in [0.05, 0.1) is 6.10 Å². The maximum Gasteiger partial charge on any atom is 0.178 e. The molecule has 0 radical (unpaired) electrons. The Hall–Kier alpha value is -1.81. The fraction of sp³-hybridized carbons (Fsp3) is 0.500. The second kappa shape index (κ2) is 8.05. The third-order valence-corrected chi connectivity index (χ3v) is 4.75. The first-order valence-corrected chi connectivity index (χ1v) is 9.69. The maximum absolute atomic E-state index is 14.3. The predicted molar refractivity (Wildman–Crippen MR) is 109 cm³/mol. The number of hydrogen-bond acceptors (Lipinski definition) is 3. The highest BCUT2D eigenvalue weighted by Gasteiger charge is 2.33. The first-order valence-electron chi connectivity index (χ1n) is 9.31. The van der Waals surface area contributed by atoms with Gasteiger partial charge in [-0.05, 0) is 57.7 Å². The Balaban J connectivity index is 2.89. The Bertz CT molecular complexity index is 804. The van der Waals surface area contributed by atoms with Gasteiger partial charge in [-0.2, -0.15) is 0 Å². The second-order valence-corrected chi connectivity index (χ2v) is 8.25. The van der Waals surface area contributed by atoms with Crippen LogP contribution in [0.15, 0.2) is 18.0 Å². The molecule has 1 aliphatic rings. The highest BCUT2D eigenvalue weighted by molar-refractivity contribution is 6.34. The van der Waals surface area contributed by atoms with Crippen molar-refractivity contribution in [3.8, 4) is 11.5 Å². The fourth-order valence-electron chi connectivity index (χ4n) is 3.29. The van der Waals surface area contributed by atoms with E-state index in [1.54, 1.807) is 6.92 Å². The van der Waals surface area contributed by atoms with E-state index < -0.39 is 11.4 Å². The molecule has 5 heteroatoms. The van der Waals surface area contributed by atoms with E-state index in [2.05, 4.69) is 19.9 Å². The van der Waals surface area contributed by atoms with Gasteiger partial charge in [-0.1, -0.05) is 32.4 Å². The summed E-state index contributed by atoms with van der Waals surface area (Å²) in [5.41, 5.74) is 2.13. The number of aldehydes is 1. The molecule has 0 atom stereocenters. The van der Waals surface area contributed by atoms with Crippen LogP contribution in [0.25, 0.3) is 11.1 Å². The lowest BCUT2D eigenvalue weighted by Gasteiger charge is -2.34. The number of fused-ring (bicyclic) bond motifs is 1. The molecule has 0 saturated heterocycles. The fourth-order valence-corrected chi connectivity index (χ4v) is 3.57. The van der Waals surface area contributed by atoms with Crippen LogP contribution in [-0.4, -0.2) is 18.0 Å². The minimum Gasteiger partial charge on any atom is -0.489 e. The van der Waals surface area contributed by atoms with Gasteiger partial charge in [0, 0.05) is 16.7 Å². The number of halogens is 2. The maximum atomic E-state index is 14.3. The molecule has 0 saturated carbocycles. The molecule has 0 spiro atoms. The first kappa shape index (κ1) is 21.5. The molecule has 0 bridgehead atoms. The molecule has 0 aliphatic carbocycles. The summed E-state index contributed by atoms with van der Waals surface area (Å²) < 4.78 is 26.4. The van der Waals surface area contributed by atoms with Crippen molar-refractivity contribution >= 4 is 29.0 Å². The van der Waals surface area contributed by atoms with Crippen molar-refractivity contribution in [3.63, 3.8) is 0 Å². The molecule has 1 aromatic carbocycles. The van der Waals surface area contributed by atoms with E-state index in [4.69, 9.17) is 21.1 Å². The van der Waals surface area contributed by atoms with Gasteiger partial charge >= 0.3 is 0 Å². The molecule has 0 fully saturated rings. The summed E-state index contributed by atoms with van der Waals surface area (Å²) >= 11 is 6.71. The van der Waals surface area contributed by atoms with Crippen molar-refractivity contribution < 1.29 is 18.7 Å². The van der Waals surface area contributed by atoms with E-state index in [0.29, 0.717) is 28.5 Å². The monoisotopic (exact) mass is 394 g/mol. The molecule has 0 unspecified atom stereocenters. The van der Waals surface area contributed by atoms with Crippen molar-refractivity contribution in [3.05, 3.63) is 34.1 Å². The van der Waals surface area contributed by atoms with Gasteiger partial charge in [-0.25, -0.2) is 4.39 Å². The van der Waals surface area contributed by atoms with Crippen molar-refractivity contribution in [2.45, 2.75) is 66.6 Å². The van der Waals surface area contributed by atoms with E-state index in [1.807, 2.05) is 33.8 Å². The van der Waals surface area contributed by atoms with Gasteiger partial charge < -0.3 is 9.47 Å². The van der Waals surface area contributed by atoms with Crippen molar-refractivity contribution in [1.82, 2.24) is 0 Å². The quantitative estimate of drug-likeness (QED) is 0.401. The van der Waals surface area contributed by atoms with Crippen LogP contribution < -0.4 is 9.47 Å². The molecule has 2 rings (SSSR count). The van der Waals surface area contributed by atoms with E-state index in [1.165, 1.54) is 0 Å². The molecular weight excluding hydrogens is 367 g/mol. The predicted octanol–water partition coefficient (Wildman–Crippen LogP) is 6.63. The summed E-state index contributed by atoms with van der Waals surface area (Å²) in [7, 11) is 0. The Labute approximate surface area is 166 Å². The van der Waals surface area contributed by atoms with Crippen LogP contribution in [0.5, 0.6) is 11.5 Å². The molecule has 148 valence electrons. The zero-order valence-corrected chi connectivity index (χ0v) is 17.8. The summed E-state index contributed by atoms with van der Waals surface area (Å²) in [6.07, 6.45) is 2.45. The molecule has 0 N–H and O–H groups in total. The largest absolute Gasteiger partial charge is 0.489 e. The van der Waals surface area contributed by atoms with Gasteiger partial charge in [0.2, 0.25) is 0 Å². The van der Waals surface area contributed by atoms with Crippen molar-refractivity contribution in [2.75, 3.05) is 0 Å². The molecule has 1 aromatic rings. The average Bonchev–Trinajstić information content (AvgIpc) is 2.57. The smallest absolute Gasteiger partial charge is 0.178 e. The number of rotatable bonds is 6. The minimum absolute atomic E-state index is 0.173. The first-order chi connectivity index (χ1) is 12.5. The Morgan fingerprint density at radius 2 is 1.96 bits per heavy atom. The number of hydrogen-bond donors (Lipinski definition) is 0.